The van der Waals surface area contributed by atoms with Gasteiger partial charge in [-0.25, -0.2) is 17.5 Å². The molecule has 1 saturated heterocycles. The van der Waals surface area contributed by atoms with E-state index in [1.165, 1.54) is 12.1 Å². The maximum atomic E-state index is 13.7. The van der Waals surface area contributed by atoms with Crippen LogP contribution in [0.4, 0.5) is 4.39 Å². The minimum Gasteiger partial charge on any atom is -0.315 e. The number of sulfonamides is 1. The summed E-state index contributed by atoms with van der Waals surface area (Å²) in [6, 6.07) is 3.32. The van der Waals surface area contributed by atoms with E-state index in [2.05, 4.69) is 10.0 Å². The molecule has 0 aliphatic carbocycles. The quantitative estimate of drug-likeness (QED) is 0.885. The van der Waals surface area contributed by atoms with Gasteiger partial charge in [0.05, 0.1) is 0 Å². The van der Waals surface area contributed by atoms with Gasteiger partial charge >= 0.3 is 0 Å². The van der Waals surface area contributed by atoms with E-state index in [1.807, 2.05) is 6.92 Å². The monoisotopic (exact) mass is 342 g/mol. The third-order valence-electron chi connectivity index (χ3n) is 3.32. The van der Waals surface area contributed by atoms with Gasteiger partial charge in [-0.1, -0.05) is 18.5 Å². The van der Waals surface area contributed by atoms with Crippen molar-refractivity contribution in [2.24, 2.45) is 5.92 Å². The summed E-state index contributed by atoms with van der Waals surface area (Å²) in [5, 5.41) is 3.29. The number of halogens is 3. The van der Waals surface area contributed by atoms with Crippen molar-refractivity contribution in [3.63, 3.8) is 0 Å². The van der Waals surface area contributed by atoms with Crippen molar-refractivity contribution in [3.05, 3.63) is 29.0 Å². The molecule has 0 bridgehead atoms. The normalized spacial score (nSPS) is 23.1. The summed E-state index contributed by atoms with van der Waals surface area (Å²) < 4.78 is 40.5. The third kappa shape index (κ3) is 4.05. The van der Waals surface area contributed by atoms with Gasteiger partial charge in [0.15, 0.2) is 0 Å². The molecule has 1 fully saturated rings. The minimum atomic E-state index is -3.86. The summed E-state index contributed by atoms with van der Waals surface area (Å²) in [6.07, 6.45) is 0.885. The van der Waals surface area contributed by atoms with Gasteiger partial charge in [0, 0.05) is 17.6 Å². The molecule has 1 heterocycles. The first-order valence-electron chi connectivity index (χ1n) is 6.08. The lowest BCUT2D eigenvalue weighted by Gasteiger charge is -2.30. The molecule has 0 saturated carbocycles. The highest BCUT2D eigenvalue weighted by molar-refractivity contribution is 7.89. The van der Waals surface area contributed by atoms with Crippen LogP contribution in [0.2, 0.25) is 5.02 Å². The predicted octanol–water partition coefficient (Wildman–Crippen LogP) is 2.18. The van der Waals surface area contributed by atoms with Crippen molar-refractivity contribution in [1.82, 2.24) is 10.0 Å². The first-order chi connectivity index (χ1) is 8.90. The summed E-state index contributed by atoms with van der Waals surface area (Å²) in [5.41, 5.74) is 0. The van der Waals surface area contributed by atoms with Crippen LogP contribution in [0.15, 0.2) is 23.1 Å². The van der Waals surface area contributed by atoms with Crippen LogP contribution in [0.1, 0.15) is 13.3 Å². The highest BCUT2D eigenvalue weighted by atomic mass is 35.5. The molecule has 1 aliphatic rings. The summed E-state index contributed by atoms with van der Waals surface area (Å²) in [7, 11) is -3.86. The number of rotatable bonds is 3. The summed E-state index contributed by atoms with van der Waals surface area (Å²) in [5.74, 6) is -0.622. The molecular weight excluding hydrogens is 326 g/mol. The molecule has 2 atom stereocenters. The SMILES string of the molecule is CC1CCNCC1NS(=O)(=O)c1ccc(Cl)cc1F.Cl. The minimum absolute atomic E-state index is 0. The van der Waals surface area contributed by atoms with Crippen LogP contribution < -0.4 is 10.0 Å². The average Bonchev–Trinajstić information content (AvgIpc) is 2.31. The second-order valence-electron chi connectivity index (χ2n) is 4.77. The van der Waals surface area contributed by atoms with E-state index in [0.29, 0.717) is 6.54 Å². The maximum Gasteiger partial charge on any atom is 0.243 e. The van der Waals surface area contributed by atoms with Crippen LogP contribution in [0, 0.1) is 11.7 Å². The molecule has 8 heteroatoms. The smallest absolute Gasteiger partial charge is 0.243 e. The first kappa shape index (κ1) is 17.7. The zero-order valence-corrected chi connectivity index (χ0v) is 13.3. The Morgan fingerprint density at radius 1 is 1.45 bits per heavy atom. The number of piperidine rings is 1. The molecule has 1 aromatic carbocycles. The standard InChI is InChI=1S/C12H16ClFN2O2S.ClH/c1-8-4-5-15-7-11(8)16-19(17,18)12-3-2-9(13)6-10(12)14;/h2-3,6,8,11,15-16H,4-5,7H2,1H3;1H. The lowest BCUT2D eigenvalue weighted by molar-refractivity contribution is 0.327. The Hall–Kier alpha value is -0.400. The highest BCUT2D eigenvalue weighted by Crippen LogP contribution is 2.20. The topological polar surface area (TPSA) is 58.2 Å². The molecule has 1 aliphatic heterocycles. The average molecular weight is 343 g/mol. The highest BCUT2D eigenvalue weighted by Gasteiger charge is 2.28. The molecule has 114 valence electrons. The van der Waals surface area contributed by atoms with Crippen LogP contribution in [0.5, 0.6) is 0 Å². The van der Waals surface area contributed by atoms with Gasteiger partial charge in [-0.3, -0.25) is 0 Å². The Morgan fingerprint density at radius 2 is 2.15 bits per heavy atom. The summed E-state index contributed by atoms with van der Waals surface area (Å²) >= 11 is 5.62. The van der Waals surface area contributed by atoms with E-state index in [-0.39, 0.29) is 34.3 Å². The van der Waals surface area contributed by atoms with Crippen LogP contribution in [-0.2, 0) is 10.0 Å². The van der Waals surface area contributed by atoms with E-state index in [9.17, 15) is 12.8 Å². The Balaban J connectivity index is 0.00000200. The molecule has 0 aromatic heterocycles. The largest absolute Gasteiger partial charge is 0.315 e. The van der Waals surface area contributed by atoms with E-state index < -0.39 is 15.8 Å². The molecule has 4 nitrogen and oxygen atoms in total. The van der Waals surface area contributed by atoms with Crippen LogP contribution in [0.3, 0.4) is 0 Å². The molecular formula is C12H17Cl2FN2O2S. The van der Waals surface area contributed by atoms with Crippen LogP contribution in [-0.4, -0.2) is 27.5 Å². The van der Waals surface area contributed by atoms with Crippen molar-refractivity contribution in [2.75, 3.05) is 13.1 Å². The van der Waals surface area contributed by atoms with Gasteiger partial charge in [0.25, 0.3) is 0 Å². The van der Waals surface area contributed by atoms with Crippen molar-refractivity contribution < 1.29 is 12.8 Å². The molecule has 2 unspecified atom stereocenters. The van der Waals surface area contributed by atoms with Crippen LogP contribution >= 0.6 is 24.0 Å². The number of nitrogens with one attached hydrogen (secondary N) is 2. The maximum absolute atomic E-state index is 13.7. The van der Waals surface area contributed by atoms with Crippen molar-refractivity contribution in [3.8, 4) is 0 Å². The third-order valence-corrected chi connectivity index (χ3v) is 5.08. The fourth-order valence-corrected chi connectivity index (χ4v) is 3.67. The Morgan fingerprint density at radius 3 is 2.75 bits per heavy atom. The summed E-state index contributed by atoms with van der Waals surface area (Å²) in [6.45, 7) is 3.40. The number of hydrogen-bond acceptors (Lipinski definition) is 3. The van der Waals surface area contributed by atoms with Gasteiger partial charge in [0.2, 0.25) is 10.0 Å². The molecule has 2 N–H and O–H groups in total. The number of benzene rings is 1. The second kappa shape index (κ2) is 7.04. The van der Waals surface area contributed by atoms with Gasteiger partial charge in [-0.05, 0) is 37.1 Å². The number of hydrogen-bond donors (Lipinski definition) is 2. The Kier molecular flexibility index (Phi) is 6.22. The molecule has 0 spiro atoms. The van der Waals surface area contributed by atoms with Gasteiger partial charge in [-0.15, -0.1) is 12.4 Å². The molecule has 0 radical (unpaired) electrons. The van der Waals surface area contributed by atoms with E-state index in [0.717, 1.165) is 19.0 Å². The lowest BCUT2D eigenvalue weighted by Crippen LogP contribution is -2.50. The van der Waals surface area contributed by atoms with Crippen molar-refractivity contribution in [2.45, 2.75) is 24.3 Å². The van der Waals surface area contributed by atoms with Gasteiger partial charge < -0.3 is 5.32 Å². The van der Waals surface area contributed by atoms with Gasteiger partial charge in [0.1, 0.15) is 10.7 Å². The summed E-state index contributed by atoms with van der Waals surface area (Å²) in [4.78, 5) is -0.366. The van der Waals surface area contributed by atoms with Gasteiger partial charge in [-0.2, -0.15) is 0 Å². The predicted molar refractivity (Wildman–Crippen MR) is 79.4 cm³/mol. The van der Waals surface area contributed by atoms with Crippen molar-refractivity contribution >= 4 is 34.0 Å². The zero-order chi connectivity index (χ0) is 14.0. The van der Waals surface area contributed by atoms with Crippen LogP contribution in [0.25, 0.3) is 0 Å². The zero-order valence-electron chi connectivity index (χ0n) is 10.9. The molecule has 2 rings (SSSR count). The molecule has 0 amide bonds. The fourth-order valence-electron chi connectivity index (χ4n) is 2.10. The molecule has 20 heavy (non-hydrogen) atoms. The van der Waals surface area contributed by atoms with E-state index >= 15 is 0 Å². The van der Waals surface area contributed by atoms with E-state index in [4.69, 9.17) is 11.6 Å². The second-order valence-corrected chi connectivity index (χ2v) is 6.89. The molecule has 1 aromatic rings. The Bertz CT molecular complexity index is 569. The van der Waals surface area contributed by atoms with Crippen molar-refractivity contribution in [1.29, 1.82) is 0 Å². The fraction of sp³-hybridized carbons (Fsp3) is 0.500. The Labute approximate surface area is 129 Å². The first-order valence-corrected chi connectivity index (χ1v) is 7.94. The lowest BCUT2D eigenvalue weighted by atomic mass is 9.96. The van der Waals surface area contributed by atoms with E-state index in [1.54, 1.807) is 0 Å².